The predicted octanol–water partition coefficient (Wildman–Crippen LogP) is 6.61. The van der Waals surface area contributed by atoms with Crippen LogP contribution < -0.4 is 4.74 Å². The van der Waals surface area contributed by atoms with Gasteiger partial charge < -0.3 is 9.72 Å². The smallest absolute Gasteiger partial charge is 0.175 e. The number of nitrogens with zero attached hydrogens (tertiary/aromatic N) is 2. The Bertz CT molecular complexity index is 1490. The highest BCUT2D eigenvalue weighted by molar-refractivity contribution is 8.00. The van der Waals surface area contributed by atoms with Gasteiger partial charge in [-0.05, 0) is 49.4 Å². The highest BCUT2D eigenvalue weighted by Crippen LogP contribution is 2.40. The van der Waals surface area contributed by atoms with Crippen molar-refractivity contribution in [2.24, 2.45) is 0 Å². The van der Waals surface area contributed by atoms with Crippen molar-refractivity contribution >= 4 is 50.0 Å². The van der Waals surface area contributed by atoms with Crippen molar-refractivity contribution in [3.63, 3.8) is 0 Å². The molecule has 1 N–H and O–H groups in total. The Hall–Kier alpha value is -3.16. The van der Waals surface area contributed by atoms with E-state index in [0.717, 1.165) is 50.3 Å². The molecule has 1 aliphatic carbocycles. The zero-order chi connectivity index (χ0) is 22.9. The largest absolute Gasteiger partial charge is 0.486 e. The van der Waals surface area contributed by atoms with Gasteiger partial charge in [-0.15, -0.1) is 11.3 Å². The van der Waals surface area contributed by atoms with Crippen LogP contribution in [0, 0.1) is 0 Å². The SMILES string of the molecule is O=C(CSc1nc(COc2ccccc2)nc2sc3c(c12)CCCC3)c1c[nH]c2ccccc12. The molecule has 0 spiro atoms. The van der Waals surface area contributed by atoms with Crippen LogP contribution >= 0.6 is 23.1 Å². The van der Waals surface area contributed by atoms with Crippen molar-refractivity contribution in [1.29, 1.82) is 0 Å². The van der Waals surface area contributed by atoms with E-state index in [1.807, 2.05) is 60.8 Å². The Labute approximate surface area is 205 Å². The average molecular weight is 486 g/mol. The fourth-order valence-electron chi connectivity index (χ4n) is 4.51. The number of aromatic nitrogens is 3. The molecule has 5 nitrogen and oxygen atoms in total. The van der Waals surface area contributed by atoms with E-state index in [1.54, 1.807) is 11.3 Å². The van der Waals surface area contributed by atoms with Crippen molar-refractivity contribution in [2.45, 2.75) is 37.3 Å². The molecule has 0 fully saturated rings. The fraction of sp³-hybridized carbons (Fsp3) is 0.222. The third kappa shape index (κ3) is 4.10. The number of carbonyl (C=O) groups is 1. The Morgan fingerprint density at radius 3 is 2.76 bits per heavy atom. The molecule has 0 saturated heterocycles. The highest BCUT2D eigenvalue weighted by Gasteiger charge is 2.22. The number of carbonyl (C=O) groups excluding carboxylic acids is 1. The number of aromatic amines is 1. The summed E-state index contributed by atoms with van der Waals surface area (Å²) < 4.78 is 5.93. The third-order valence-corrected chi connectivity index (χ3v) is 8.33. The van der Waals surface area contributed by atoms with Gasteiger partial charge in [0, 0.05) is 32.9 Å². The second-order valence-electron chi connectivity index (χ2n) is 8.40. The molecular formula is C27H23N3O2S2. The van der Waals surface area contributed by atoms with E-state index in [2.05, 4.69) is 4.98 Å². The Morgan fingerprint density at radius 2 is 1.85 bits per heavy atom. The van der Waals surface area contributed by atoms with E-state index in [1.165, 1.54) is 35.0 Å². The summed E-state index contributed by atoms with van der Waals surface area (Å²) in [5, 5.41) is 3.00. The molecule has 34 heavy (non-hydrogen) atoms. The zero-order valence-corrected chi connectivity index (χ0v) is 20.2. The summed E-state index contributed by atoms with van der Waals surface area (Å²) >= 11 is 3.29. The van der Waals surface area contributed by atoms with Gasteiger partial charge in [0.1, 0.15) is 22.2 Å². The third-order valence-electron chi connectivity index (χ3n) is 6.17. The quantitative estimate of drug-likeness (QED) is 0.160. The van der Waals surface area contributed by atoms with Gasteiger partial charge in [0.15, 0.2) is 11.6 Å². The van der Waals surface area contributed by atoms with Gasteiger partial charge in [-0.3, -0.25) is 4.79 Å². The molecule has 5 aromatic rings. The van der Waals surface area contributed by atoms with E-state index in [4.69, 9.17) is 14.7 Å². The molecule has 170 valence electrons. The summed E-state index contributed by atoms with van der Waals surface area (Å²) in [5.74, 6) is 1.87. The van der Waals surface area contributed by atoms with Crippen molar-refractivity contribution in [3.05, 3.63) is 82.6 Å². The summed E-state index contributed by atoms with van der Waals surface area (Å²) in [6.07, 6.45) is 6.39. The molecule has 0 radical (unpaired) electrons. The summed E-state index contributed by atoms with van der Waals surface area (Å²) in [4.78, 5) is 28.5. The first kappa shape index (κ1) is 21.4. The average Bonchev–Trinajstić information content (AvgIpc) is 3.48. The number of rotatable bonds is 7. The van der Waals surface area contributed by atoms with Gasteiger partial charge in [-0.1, -0.05) is 48.2 Å². The number of hydrogen-bond acceptors (Lipinski definition) is 6. The first-order valence-electron chi connectivity index (χ1n) is 11.5. The van der Waals surface area contributed by atoms with Crippen LogP contribution in [0.4, 0.5) is 0 Å². The maximum absolute atomic E-state index is 13.1. The number of nitrogens with one attached hydrogen (secondary N) is 1. The lowest BCUT2D eigenvalue weighted by molar-refractivity contribution is 0.102. The lowest BCUT2D eigenvalue weighted by Crippen LogP contribution is -2.06. The first-order chi connectivity index (χ1) is 16.8. The predicted molar refractivity (Wildman–Crippen MR) is 138 cm³/mol. The first-order valence-corrected chi connectivity index (χ1v) is 13.3. The van der Waals surface area contributed by atoms with E-state index in [9.17, 15) is 4.79 Å². The molecule has 3 heterocycles. The minimum atomic E-state index is 0.0976. The number of thiophene rings is 1. The van der Waals surface area contributed by atoms with Crippen molar-refractivity contribution in [2.75, 3.05) is 5.75 Å². The number of ether oxygens (including phenoxy) is 1. The molecule has 2 aromatic carbocycles. The minimum absolute atomic E-state index is 0.0976. The van der Waals surface area contributed by atoms with E-state index in [-0.39, 0.29) is 5.78 Å². The molecule has 1 aliphatic rings. The number of para-hydroxylation sites is 2. The van der Waals surface area contributed by atoms with Crippen molar-refractivity contribution < 1.29 is 9.53 Å². The summed E-state index contributed by atoms with van der Waals surface area (Å²) in [7, 11) is 0. The maximum Gasteiger partial charge on any atom is 0.175 e. The monoisotopic (exact) mass is 485 g/mol. The van der Waals surface area contributed by atoms with E-state index >= 15 is 0 Å². The van der Waals surface area contributed by atoms with Gasteiger partial charge in [-0.25, -0.2) is 9.97 Å². The molecule has 0 amide bonds. The number of Topliss-reactive ketones (excluding diaryl/α,β-unsaturated/α-hetero) is 1. The number of thioether (sulfide) groups is 1. The fourth-order valence-corrected chi connectivity index (χ4v) is 6.82. The van der Waals surface area contributed by atoms with Gasteiger partial charge in [0.05, 0.1) is 5.75 Å². The number of aryl methyl sites for hydroxylation is 2. The Balaban J connectivity index is 1.31. The molecule has 3 aromatic heterocycles. The molecule has 0 aliphatic heterocycles. The van der Waals surface area contributed by atoms with Crippen molar-refractivity contribution in [1.82, 2.24) is 15.0 Å². The van der Waals surface area contributed by atoms with Crippen LogP contribution in [0.3, 0.4) is 0 Å². The Morgan fingerprint density at radius 1 is 1.03 bits per heavy atom. The van der Waals surface area contributed by atoms with Crippen LogP contribution in [0.5, 0.6) is 5.75 Å². The minimum Gasteiger partial charge on any atom is -0.486 e. The molecule has 0 bridgehead atoms. The van der Waals surface area contributed by atoms with Gasteiger partial charge >= 0.3 is 0 Å². The van der Waals surface area contributed by atoms with Crippen LogP contribution in [0.15, 0.2) is 65.8 Å². The van der Waals surface area contributed by atoms with Crippen LogP contribution in [0.1, 0.15) is 39.5 Å². The number of hydrogen-bond donors (Lipinski definition) is 1. The number of fused-ring (bicyclic) bond motifs is 4. The second kappa shape index (κ2) is 9.24. The normalized spacial score (nSPS) is 13.3. The molecule has 6 rings (SSSR count). The van der Waals surface area contributed by atoms with Crippen LogP contribution in [0.2, 0.25) is 0 Å². The van der Waals surface area contributed by atoms with E-state index in [0.29, 0.717) is 18.2 Å². The van der Waals surface area contributed by atoms with Gasteiger partial charge in [0.2, 0.25) is 0 Å². The molecule has 0 unspecified atom stereocenters. The molecular weight excluding hydrogens is 462 g/mol. The van der Waals surface area contributed by atoms with E-state index < -0.39 is 0 Å². The molecule has 7 heteroatoms. The zero-order valence-electron chi connectivity index (χ0n) is 18.5. The lowest BCUT2D eigenvalue weighted by atomic mass is 9.97. The number of benzene rings is 2. The molecule has 0 atom stereocenters. The standard InChI is InChI=1S/C27H23N3O2S2/c31-22(20-14-28-21-12-6-4-10-18(20)21)16-33-26-25-19-11-5-7-13-23(19)34-27(25)30-24(29-26)15-32-17-8-2-1-3-9-17/h1-4,6,8-10,12,14,28H,5,7,11,13,15-16H2. The summed E-state index contributed by atoms with van der Waals surface area (Å²) in [6, 6.07) is 17.6. The number of ketones is 1. The van der Waals surface area contributed by atoms with Gasteiger partial charge in [-0.2, -0.15) is 0 Å². The summed E-state index contributed by atoms with van der Waals surface area (Å²) in [6.45, 7) is 0.298. The lowest BCUT2D eigenvalue weighted by Gasteiger charge is -2.12. The second-order valence-corrected chi connectivity index (χ2v) is 10.4. The Kier molecular flexibility index (Phi) is 5.81. The van der Waals surface area contributed by atoms with Crippen LogP contribution in [-0.2, 0) is 19.4 Å². The van der Waals surface area contributed by atoms with Crippen LogP contribution in [0.25, 0.3) is 21.1 Å². The molecule has 0 saturated carbocycles. The highest BCUT2D eigenvalue weighted by atomic mass is 32.2. The number of H-pyrrole nitrogens is 1. The van der Waals surface area contributed by atoms with Gasteiger partial charge in [0.25, 0.3) is 0 Å². The van der Waals surface area contributed by atoms with Crippen LogP contribution in [-0.4, -0.2) is 26.5 Å². The topological polar surface area (TPSA) is 67.9 Å². The van der Waals surface area contributed by atoms with Crippen molar-refractivity contribution in [3.8, 4) is 5.75 Å². The summed E-state index contributed by atoms with van der Waals surface area (Å²) in [5.41, 5.74) is 3.09. The maximum atomic E-state index is 13.1.